The second kappa shape index (κ2) is 4.77. The monoisotopic (exact) mass is 270 g/mol. The first-order valence-corrected chi connectivity index (χ1v) is 6.21. The number of fused-ring (bicyclic) bond motifs is 1. The summed E-state index contributed by atoms with van der Waals surface area (Å²) in [5, 5.41) is 0. The molecule has 0 fully saturated rings. The molecule has 2 aromatic carbocycles. The van der Waals surface area contributed by atoms with Gasteiger partial charge in [-0.15, -0.1) is 0 Å². The quantitative estimate of drug-likeness (QED) is 0.741. The molecule has 3 aromatic rings. The van der Waals surface area contributed by atoms with Crippen LogP contribution in [0, 0.1) is 0 Å². The molecule has 0 atom stereocenters. The van der Waals surface area contributed by atoms with Crippen molar-refractivity contribution in [3.8, 4) is 5.75 Å². The Hall–Kier alpha value is -2.69. The zero-order valence-electron chi connectivity index (χ0n) is 11.0. The topological polar surface area (TPSA) is 70.4 Å². The van der Waals surface area contributed by atoms with E-state index in [1.165, 1.54) is 4.57 Å². The smallest absolute Gasteiger partial charge is 0.419 e. The molecule has 0 bridgehead atoms. The Labute approximate surface area is 115 Å². The number of rotatable bonds is 3. The fraction of sp³-hybridized carbons (Fsp3) is 0.133. The van der Waals surface area contributed by atoms with Crippen molar-refractivity contribution < 1.29 is 9.15 Å². The third-order valence-corrected chi connectivity index (χ3v) is 3.16. The van der Waals surface area contributed by atoms with Gasteiger partial charge in [0.15, 0.2) is 5.58 Å². The summed E-state index contributed by atoms with van der Waals surface area (Å²) in [5.74, 6) is 0.123. The van der Waals surface area contributed by atoms with Gasteiger partial charge in [-0.3, -0.25) is 4.57 Å². The van der Waals surface area contributed by atoms with Crippen LogP contribution in [-0.4, -0.2) is 4.57 Å². The Morgan fingerprint density at radius 2 is 2.00 bits per heavy atom. The molecule has 20 heavy (non-hydrogen) atoms. The first-order valence-electron chi connectivity index (χ1n) is 6.21. The van der Waals surface area contributed by atoms with Gasteiger partial charge >= 0.3 is 5.76 Å². The molecule has 0 aliphatic rings. The van der Waals surface area contributed by atoms with Crippen LogP contribution in [0.4, 0.5) is 5.69 Å². The Morgan fingerprint density at radius 3 is 2.75 bits per heavy atom. The summed E-state index contributed by atoms with van der Waals surface area (Å²) in [6.45, 7) is 0.419. The highest BCUT2D eigenvalue weighted by Crippen LogP contribution is 2.28. The Morgan fingerprint density at radius 1 is 1.25 bits per heavy atom. The normalized spacial score (nSPS) is 10.8. The van der Waals surface area contributed by atoms with Crippen LogP contribution >= 0.6 is 0 Å². The summed E-state index contributed by atoms with van der Waals surface area (Å²) in [6, 6.07) is 13.1. The molecule has 0 amide bonds. The van der Waals surface area contributed by atoms with Gasteiger partial charge in [0.2, 0.25) is 0 Å². The summed E-state index contributed by atoms with van der Waals surface area (Å²) < 4.78 is 12.2. The van der Waals surface area contributed by atoms with Crippen LogP contribution in [-0.2, 0) is 13.7 Å². The van der Waals surface area contributed by atoms with E-state index in [1.807, 2.05) is 30.3 Å². The predicted octanol–water partition coefficient (Wildman–Crippen LogP) is 2.29. The number of aromatic nitrogens is 1. The van der Waals surface area contributed by atoms with E-state index in [-0.39, 0.29) is 0 Å². The van der Waals surface area contributed by atoms with Gasteiger partial charge in [-0.25, -0.2) is 4.79 Å². The van der Waals surface area contributed by atoms with E-state index in [2.05, 4.69) is 0 Å². The number of nitrogen functional groups attached to an aromatic ring is 1. The van der Waals surface area contributed by atoms with Crippen LogP contribution in [0.2, 0.25) is 0 Å². The highest BCUT2D eigenvalue weighted by atomic mass is 16.5. The van der Waals surface area contributed by atoms with E-state index >= 15 is 0 Å². The summed E-state index contributed by atoms with van der Waals surface area (Å²) >= 11 is 0. The zero-order valence-corrected chi connectivity index (χ0v) is 11.0. The molecule has 1 heterocycles. The molecule has 2 N–H and O–H groups in total. The van der Waals surface area contributed by atoms with E-state index in [1.54, 1.807) is 19.2 Å². The van der Waals surface area contributed by atoms with Crippen LogP contribution in [0.15, 0.2) is 51.7 Å². The summed E-state index contributed by atoms with van der Waals surface area (Å²) in [6.07, 6.45) is 0. The van der Waals surface area contributed by atoms with Gasteiger partial charge in [-0.05, 0) is 5.56 Å². The van der Waals surface area contributed by atoms with E-state index < -0.39 is 5.76 Å². The molecule has 0 spiro atoms. The van der Waals surface area contributed by atoms with E-state index in [9.17, 15) is 4.79 Å². The van der Waals surface area contributed by atoms with E-state index in [0.717, 1.165) is 5.56 Å². The number of nitrogens with zero attached hydrogens (tertiary/aromatic N) is 1. The molecular weight excluding hydrogens is 256 g/mol. The molecule has 5 heteroatoms. The summed E-state index contributed by atoms with van der Waals surface area (Å²) in [5.41, 5.74) is 8.53. The molecule has 5 nitrogen and oxygen atoms in total. The first kappa shape index (κ1) is 12.3. The van der Waals surface area contributed by atoms with Crippen molar-refractivity contribution in [3.63, 3.8) is 0 Å². The van der Waals surface area contributed by atoms with Crippen molar-refractivity contribution in [3.05, 3.63) is 58.6 Å². The lowest BCUT2D eigenvalue weighted by atomic mass is 10.2. The predicted molar refractivity (Wildman–Crippen MR) is 76.6 cm³/mol. The lowest BCUT2D eigenvalue weighted by Gasteiger charge is -2.09. The van der Waals surface area contributed by atoms with Crippen molar-refractivity contribution in [2.75, 3.05) is 5.73 Å². The van der Waals surface area contributed by atoms with E-state index in [0.29, 0.717) is 29.1 Å². The standard InChI is InChI=1S/C15H14N2O3/c1-17-12-8-13(11(16)7-14(12)20-15(17)18)19-9-10-5-3-2-4-6-10/h2-8H,9,16H2,1H3. The van der Waals surface area contributed by atoms with Gasteiger partial charge in [0, 0.05) is 19.2 Å². The number of benzene rings is 2. The van der Waals surface area contributed by atoms with Gasteiger partial charge in [-0.1, -0.05) is 30.3 Å². The van der Waals surface area contributed by atoms with Gasteiger partial charge in [-0.2, -0.15) is 0 Å². The molecule has 3 rings (SSSR count). The number of ether oxygens (including phenoxy) is 1. The summed E-state index contributed by atoms with van der Waals surface area (Å²) in [7, 11) is 1.64. The Kier molecular flexibility index (Phi) is 2.95. The second-order valence-corrected chi connectivity index (χ2v) is 4.56. The molecule has 0 saturated carbocycles. The van der Waals surface area contributed by atoms with Crippen LogP contribution in [0.25, 0.3) is 11.1 Å². The zero-order chi connectivity index (χ0) is 14.1. The van der Waals surface area contributed by atoms with Crippen LogP contribution in [0.1, 0.15) is 5.56 Å². The maximum absolute atomic E-state index is 11.5. The highest BCUT2D eigenvalue weighted by molar-refractivity contribution is 5.80. The van der Waals surface area contributed by atoms with Crippen molar-refractivity contribution in [1.29, 1.82) is 0 Å². The Bertz CT molecular complexity index is 803. The molecule has 0 aliphatic heterocycles. The third kappa shape index (κ3) is 2.14. The van der Waals surface area contributed by atoms with Crippen molar-refractivity contribution in [2.24, 2.45) is 7.05 Å². The van der Waals surface area contributed by atoms with Gasteiger partial charge in [0.1, 0.15) is 12.4 Å². The minimum atomic E-state index is -0.417. The fourth-order valence-electron chi connectivity index (χ4n) is 2.03. The van der Waals surface area contributed by atoms with Crippen molar-refractivity contribution >= 4 is 16.8 Å². The average molecular weight is 270 g/mol. The number of anilines is 1. The van der Waals surface area contributed by atoms with Gasteiger partial charge in [0.05, 0.1) is 11.2 Å². The maximum atomic E-state index is 11.5. The largest absolute Gasteiger partial charge is 0.487 e. The SMILES string of the molecule is Cn1c(=O)oc2cc(N)c(OCc3ccccc3)cc21. The molecule has 0 aliphatic carbocycles. The van der Waals surface area contributed by atoms with Crippen LogP contribution < -0.4 is 16.2 Å². The Balaban J connectivity index is 1.93. The minimum absolute atomic E-state index is 0.417. The van der Waals surface area contributed by atoms with E-state index in [4.69, 9.17) is 14.9 Å². The van der Waals surface area contributed by atoms with Crippen molar-refractivity contribution in [1.82, 2.24) is 4.57 Å². The lowest BCUT2D eigenvalue weighted by Crippen LogP contribution is -2.08. The van der Waals surface area contributed by atoms with Crippen molar-refractivity contribution in [2.45, 2.75) is 6.61 Å². The molecule has 0 radical (unpaired) electrons. The average Bonchev–Trinajstić information content (AvgIpc) is 2.72. The van der Waals surface area contributed by atoms with Crippen LogP contribution in [0.5, 0.6) is 5.75 Å². The molecule has 1 aromatic heterocycles. The lowest BCUT2D eigenvalue weighted by molar-refractivity contribution is 0.308. The number of hydrogen-bond acceptors (Lipinski definition) is 4. The minimum Gasteiger partial charge on any atom is -0.487 e. The highest BCUT2D eigenvalue weighted by Gasteiger charge is 2.10. The van der Waals surface area contributed by atoms with Gasteiger partial charge in [0.25, 0.3) is 0 Å². The first-order chi connectivity index (χ1) is 9.65. The number of aryl methyl sites for hydroxylation is 1. The third-order valence-electron chi connectivity index (χ3n) is 3.16. The maximum Gasteiger partial charge on any atom is 0.419 e. The number of hydrogen-bond donors (Lipinski definition) is 1. The second-order valence-electron chi connectivity index (χ2n) is 4.56. The molecule has 0 saturated heterocycles. The number of oxazole rings is 1. The molecule has 102 valence electrons. The summed E-state index contributed by atoms with van der Waals surface area (Å²) in [4.78, 5) is 11.5. The molecular formula is C15H14N2O3. The van der Waals surface area contributed by atoms with Crippen LogP contribution in [0.3, 0.4) is 0 Å². The number of nitrogens with two attached hydrogens (primary N) is 1. The fourth-order valence-corrected chi connectivity index (χ4v) is 2.03. The molecule has 0 unspecified atom stereocenters. The van der Waals surface area contributed by atoms with Gasteiger partial charge < -0.3 is 14.9 Å².